The van der Waals surface area contributed by atoms with Crippen LogP contribution >= 0.6 is 15.9 Å². The molecule has 0 fully saturated rings. The summed E-state index contributed by atoms with van der Waals surface area (Å²) < 4.78 is 15.6. The van der Waals surface area contributed by atoms with Crippen LogP contribution in [0.5, 0.6) is 11.5 Å². The largest absolute Gasteiger partial charge is 0.493 e. The minimum atomic E-state index is -0.766. The Bertz CT molecular complexity index is 458. The molecule has 0 spiro atoms. The molecular weight excluding hydrogens is 304 g/mol. The first kappa shape index (κ1) is 14.5. The molecule has 5 nitrogen and oxygen atoms in total. The normalized spacial score (nSPS) is 11.6. The van der Waals surface area contributed by atoms with Gasteiger partial charge in [0.1, 0.15) is 0 Å². The van der Waals surface area contributed by atoms with Crippen molar-refractivity contribution in [3.63, 3.8) is 0 Å². The van der Waals surface area contributed by atoms with Gasteiger partial charge in [-0.05, 0) is 35.0 Å². The summed E-state index contributed by atoms with van der Waals surface area (Å²) in [5.41, 5.74) is 0.435. The summed E-state index contributed by atoms with van der Waals surface area (Å²) in [5, 5.41) is 0. The summed E-state index contributed by atoms with van der Waals surface area (Å²) in [6.07, 6.45) is -0.0713. The Hall–Kier alpha value is -1.56. The number of methoxy groups -OCH3 is 2. The number of esters is 1. The number of ether oxygens (including phenoxy) is 3. The van der Waals surface area contributed by atoms with Gasteiger partial charge in [-0.25, -0.2) is 4.79 Å². The number of carbonyl (C=O) groups is 2. The predicted molar refractivity (Wildman–Crippen MR) is 68.2 cm³/mol. The van der Waals surface area contributed by atoms with E-state index < -0.39 is 12.1 Å². The Morgan fingerprint density at radius 1 is 1.33 bits per heavy atom. The molecule has 0 aliphatic carbocycles. The Morgan fingerprint density at radius 2 is 2.00 bits per heavy atom. The number of hydrogen-bond donors (Lipinski definition) is 0. The maximum Gasteiger partial charge on any atom is 0.346 e. The van der Waals surface area contributed by atoms with Gasteiger partial charge in [0.15, 0.2) is 23.9 Å². The van der Waals surface area contributed by atoms with E-state index in [4.69, 9.17) is 9.47 Å². The Kier molecular flexibility index (Phi) is 5.15. The van der Waals surface area contributed by atoms with Gasteiger partial charge in [-0.2, -0.15) is 0 Å². The van der Waals surface area contributed by atoms with Crippen LogP contribution in [0.4, 0.5) is 0 Å². The van der Waals surface area contributed by atoms with Crippen LogP contribution in [0.1, 0.15) is 17.3 Å². The molecule has 0 aliphatic rings. The van der Waals surface area contributed by atoms with E-state index in [2.05, 4.69) is 20.7 Å². The highest BCUT2D eigenvalue weighted by Crippen LogP contribution is 2.33. The summed E-state index contributed by atoms with van der Waals surface area (Å²) in [6, 6.07) is 3.10. The summed E-state index contributed by atoms with van der Waals surface area (Å²) >= 11 is 3.23. The van der Waals surface area contributed by atoms with Crippen LogP contribution in [-0.4, -0.2) is 32.6 Å². The molecule has 1 rings (SSSR count). The monoisotopic (exact) mass is 316 g/mol. The van der Waals surface area contributed by atoms with Gasteiger partial charge in [0.2, 0.25) is 0 Å². The molecule has 18 heavy (non-hydrogen) atoms. The lowest BCUT2D eigenvalue weighted by Gasteiger charge is -2.16. The average Bonchev–Trinajstić information content (AvgIpc) is 2.38. The van der Waals surface area contributed by atoms with E-state index in [0.717, 1.165) is 0 Å². The molecule has 0 aromatic heterocycles. The number of aldehydes is 1. The molecule has 0 heterocycles. The third-order valence-corrected chi connectivity index (χ3v) is 2.93. The van der Waals surface area contributed by atoms with Crippen LogP contribution in [-0.2, 0) is 9.53 Å². The molecule has 1 aromatic rings. The van der Waals surface area contributed by atoms with E-state index >= 15 is 0 Å². The molecule has 98 valence electrons. The van der Waals surface area contributed by atoms with Crippen molar-refractivity contribution in [1.82, 2.24) is 0 Å². The first-order valence-electron chi connectivity index (χ1n) is 5.10. The number of hydrogen-bond acceptors (Lipinski definition) is 5. The topological polar surface area (TPSA) is 61.8 Å². The predicted octanol–water partition coefficient (Wildman–Crippen LogP) is 2.21. The van der Waals surface area contributed by atoms with Crippen LogP contribution in [0.2, 0.25) is 0 Å². The fourth-order valence-electron chi connectivity index (χ4n) is 1.30. The summed E-state index contributed by atoms with van der Waals surface area (Å²) in [7, 11) is 2.73. The van der Waals surface area contributed by atoms with Gasteiger partial charge in [0.05, 0.1) is 14.2 Å². The highest BCUT2D eigenvalue weighted by atomic mass is 79.9. The molecule has 0 radical (unpaired) electrons. The van der Waals surface area contributed by atoms with Gasteiger partial charge < -0.3 is 14.2 Å². The van der Waals surface area contributed by atoms with E-state index in [1.807, 2.05) is 0 Å². The maximum absolute atomic E-state index is 11.3. The van der Waals surface area contributed by atoms with E-state index in [-0.39, 0.29) is 0 Å². The maximum atomic E-state index is 11.3. The molecule has 0 N–H and O–H groups in total. The first-order valence-corrected chi connectivity index (χ1v) is 5.90. The van der Waals surface area contributed by atoms with Gasteiger partial charge >= 0.3 is 5.97 Å². The molecule has 0 aliphatic heterocycles. The number of benzene rings is 1. The Balaban J connectivity index is 3.05. The minimum absolute atomic E-state index is 0.355. The van der Waals surface area contributed by atoms with Crippen LogP contribution < -0.4 is 9.47 Å². The van der Waals surface area contributed by atoms with Crippen molar-refractivity contribution in [2.75, 3.05) is 14.2 Å². The third-order valence-electron chi connectivity index (χ3n) is 2.25. The zero-order valence-electron chi connectivity index (χ0n) is 10.2. The highest BCUT2D eigenvalue weighted by molar-refractivity contribution is 9.10. The van der Waals surface area contributed by atoms with Gasteiger partial charge in [0.25, 0.3) is 0 Å². The van der Waals surface area contributed by atoms with Crippen molar-refractivity contribution >= 4 is 28.2 Å². The lowest BCUT2D eigenvalue weighted by atomic mass is 10.2. The lowest BCUT2D eigenvalue weighted by Crippen LogP contribution is -2.25. The molecule has 0 unspecified atom stereocenters. The summed E-state index contributed by atoms with van der Waals surface area (Å²) in [6.45, 7) is 1.56. The smallest absolute Gasteiger partial charge is 0.346 e. The number of carbonyl (C=O) groups excluding carboxylic acids is 2. The van der Waals surface area contributed by atoms with Gasteiger partial charge in [0, 0.05) is 10.0 Å². The van der Waals surface area contributed by atoms with E-state index in [1.54, 1.807) is 13.0 Å². The molecular formula is C12H13BrO5. The molecule has 6 heteroatoms. The Morgan fingerprint density at radius 3 is 2.50 bits per heavy atom. The zero-order chi connectivity index (χ0) is 13.7. The van der Waals surface area contributed by atoms with Crippen LogP contribution in [0.3, 0.4) is 0 Å². The average molecular weight is 317 g/mol. The summed E-state index contributed by atoms with van der Waals surface area (Å²) in [5.74, 6) is 0.233. The second kappa shape index (κ2) is 6.39. The van der Waals surface area contributed by atoms with Crippen LogP contribution in [0, 0.1) is 0 Å². The van der Waals surface area contributed by atoms with Crippen molar-refractivity contribution in [1.29, 1.82) is 0 Å². The van der Waals surface area contributed by atoms with Crippen molar-refractivity contribution in [3.05, 3.63) is 22.2 Å². The van der Waals surface area contributed by atoms with Crippen molar-refractivity contribution in [2.45, 2.75) is 13.0 Å². The molecule has 0 saturated carbocycles. The number of rotatable bonds is 5. The lowest BCUT2D eigenvalue weighted by molar-refractivity contribution is -0.147. The highest BCUT2D eigenvalue weighted by Gasteiger charge is 2.18. The van der Waals surface area contributed by atoms with E-state index in [0.29, 0.717) is 27.8 Å². The molecule has 0 bridgehead atoms. The van der Waals surface area contributed by atoms with Crippen molar-refractivity contribution in [3.8, 4) is 11.5 Å². The fourth-order valence-corrected chi connectivity index (χ4v) is 1.71. The van der Waals surface area contributed by atoms with E-state index in [9.17, 15) is 9.59 Å². The van der Waals surface area contributed by atoms with Crippen molar-refractivity contribution in [2.24, 2.45) is 0 Å². The second-order valence-electron chi connectivity index (χ2n) is 3.43. The van der Waals surface area contributed by atoms with Gasteiger partial charge in [-0.3, -0.25) is 4.79 Å². The van der Waals surface area contributed by atoms with Crippen LogP contribution in [0.15, 0.2) is 16.6 Å². The zero-order valence-corrected chi connectivity index (χ0v) is 11.8. The van der Waals surface area contributed by atoms with Crippen LogP contribution in [0.25, 0.3) is 0 Å². The quantitative estimate of drug-likeness (QED) is 0.615. The number of halogens is 1. The van der Waals surface area contributed by atoms with Crippen molar-refractivity contribution < 1.29 is 23.8 Å². The Labute approximate surface area is 113 Å². The second-order valence-corrected chi connectivity index (χ2v) is 4.28. The van der Waals surface area contributed by atoms with Gasteiger partial charge in [-0.1, -0.05) is 0 Å². The molecule has 1 atom stereocenters. The molecule has 1 aromatic carbocycles. The first-order chi connectivity index (χ1) is 8.53. The standard InChI is InChI=1S/C12H13BrO5/c1-7(12(15)17-3)18-11-5-9(13)8(6-14)4-10(11)16-2/h4-7H,1-3H3/t7-/m0/s1. The molecule has 0 amide bonds. The minimum Gasteiger partial charge on any atom is -0.493 e. The fraction of sp³-hybridized carbons (Fsp3) is 0.333. The SMILES string of the molecule is COC(=O)[C@H](C)Oc1cc(Br)c(C=O)cc1OC. The summed E-state index contributed by atoms with van der Waals surface area (Å²) in [4.78, 5) is 22.1. The van der Waals surface area contributed by atoms with Gasteiger partial charge in [-0.15, -0.1) is 0 Å². The molecule has 0 saturated heterocycles. The van der Waals surface area contributed by atoms with E-state index in [1.165, 1.54) is 20.3 Å². The third kappa shape index (κ3) is 3.22.